The molecule has 5 nitrogen and oxygen atoms in total. The van der Waals surface area contributed by atoms with Crippen molar-refractivity contribution in [2.45, 2.75) is 24.2 Å². The number of carbonyl (C=O) groups is 1. The van der Waals surface area contributed by atoms with Crippen LogP contribution in [0.2, 0.25) is 0 Å². The molecule has 136 valence electrons. The standard InChI is InChI=1S/C20H22N2O3S/c23-20-10-6-16-22(20)18-11-13-19(14-12-18)26(24,25)21-15-5-4-9-17-7-2-1-3-8-17/h1-4,7-9,11-14,21H,5-6,10,15-16H2/b9-4+. The summed E-state index contributed by atoms with van der Waals surface area (Å²) in [6, 6.07) is 16.3. The van der Waals surface area contributed by atoms with Gasteiger partial charge in [-0.2, -0.15) is 0 Å². The van der Waals surface area contributed by atoms with Gasteiger partial charge in [-0.05, 0) is 42.7 Å². The van der Waals surface area contributed by atoms with E-state index in [9.17, 15) is 13.2 Å². The van der Waals surface area contributed by atoms with Gasteiger partial charge in [-0.1, -0.05) is 42.5 Å². The molecule has 0 radical (unpaired) electrons. The van der Waals surface area contributed by atoms with Crippen LogP contribution in [-0.4, -0.2) is 27.4 Å². The van der Waals surface area contributed by atoms with E-state index in [1.165, 1.54) is 0 Å². The minimum Gasteiger partial charge on any atom is -0.312 e. The third-order valence-corrected chi connectivity index (χ3v) is 5.72. The molecule has 1 N–H and O–H groups in total. The fourth-order valence-corrected chi connectivity index (χ4v) is 3.92. The minimum absolute atomic E-state index is 0.0870. The van der Waals surface area contributed by atoms with Crippen LogP contribution in [-0.2, 0) is 14.8 Å². The minimum atomic E-state index is -3.55. The monoisotopic (exact) mass is 370 g/mol. The van der Waals surface area contributed by atoms with Crippen molar-refractivity contribution in [1.29, 1.82) is 0 Å². The van der Waals surface area contributed by atoms with E-state index in [1.54, 1.807) is 29.2 Å². The first-order valence-corrected chi connectivity index (χ1v) is 10.2. The molecule has 1 heterocycles. The number of rotatable bonds is 7. The summed E-state index contributed by atoms with van der Waals surface area (Å²) < 4.78 is 27.3. The average molecular weight is 370 g/mol. The Hall–Kier alpha value is -2.44. The third kappa shape index (κ3) is 4.59. The Morgan fingerprint density at radius 1 is 1.04 bits per heavy atom. The van der Waals surface area contributed by atoms with Crippen molar-refractivity contribution in [2.24, 2.45) is 0 Å². The second kappa shape index (κ2) is 8.29. The molecular formula is C20H22N2O3S. The smallest absolute Gasteiger partial charge is 0.240 e. The van der Waals surface area contributed by atoms with Crippen molar-refractivity contribution >= 4 is 27.7 Å². The third-order valence-electron chi connectivity index (χ3n) is 4.25. The maximum atomic E-state index is 12.3. The van der Waals surface area contributed by atoms with Crippen molar-refractivity contribution in [3.8, 4) is 0 Å². The summed E-state index contributed by atoms with van der Waals surface area (Å²) in [6.45, 7) is 1.02. The van der Waals surface area contributed by atoms with E-state index in [4.69, 9.17) is 0 Å². The molecule has 0 atom stereocenters. The fourth-order valence-electron chi connectivity index (χ4n) is 2.87. The number of benzene rings is 2. The lowest BCUT2D eigenvalue weighted by atomic mass is 10.2. The van der Waals surface area contributed by atoms with E-state index in [0.29, 0.717) is 25.9 Å². The largest absolute Gasteiger partial charge is 0.312 e. The highest BCUT2D eigenvalue weighted by Gasteiger charge is 2.22. The zero-order chi connectivity index (χ0) is 18.4. The van der Waals surface area contributed by atoms with Crippen LogP contribution in [0.3, 0.4) is 0 Å². The van der Waals surface area contributed by atoms with Crippen LogP contribution in [0.15, 0.2) is 65.6 Å². The molecule has 2 aromatic rings. The molecule has 3 rings (SSSR count). The topological polar surface area (TPSA) is 66.5 Å². The molecule has 1 fully saturated rings. The lowest BCUT2D eigenvalue weighted by Crippen LogP contribution is -2.25. The predicted molar refractivity (Wildman–Crippen MR) is 103 cm³/mol. The van der Waals surface area contributed by atoms with Crippen LogP contribution in [0, 0.1) is 0 Å². The molecule has 0 bridgehead atoms. The van der Waals surface area contributed by atoms with E-state index in [2.05, 4.69) is 4.72 Å². The van der Waals surface area contributed by atoms with Gasteiger partial charge in [-0.3, -0.25) is 4.79 Å². The number of hydrogen-bond donors (Lipinski definition) is 1. The highest BCUT2D eigenvalue weighted by Crippen LogP contribution is 2.22. The van der Waals surface area contributed by atoms with Gasteiger partial charge in [0.15, 0.2) is 0 Å². The summed E-state index contributed by atoms with van der Waals surface area (Å²) in [5.41, 5.74) is 1.83. The number of hydrogen-bond acceptors (Lipinski definition) is 3. The predicted octanol–water partition coefficient (Wildman–Crippen LogP) is 3.20. The van der Waals surface area contributed by atoms with Crippen molar-refractivity contribution < 1.29 is 13.2 Å². The second-order valence-electron chi connectivity index (χ2n) is 6.14. The van der Waals surface area contributed by atoms with Gasteiger partial charge in [0.2, 0.25) is 15.9 Å². The van der Waals surface area contributed by atoms with Gasteiger partial charge in [0.1, 0.15) is 0 Å². The van der Waals surface area contributed by atoms with Gasteiger partial charge >= 0.3 is 0 Å². The quantitative estimate of drug-likeness (QED) is 0.761. The number of anilines is 1. The Morgan fingerprint density at radius 2 is 1.77 bits per heavy atom. The van der Waals surface area contributed by atoms with Gasteiger partial charge in [-0.15, -0.1) is 0 Å². The molecular weight excluding hydrogens is 348 g/mol. The van der Waals surface area contributed by atoms with E-state index >= 15 is 0 Å². The number of nitrogens with one attached hydrogen (secondary N) is 1. The van der Waals surface area contributed by atoms with Gasteiger partial charge < -0.3 is 4.90 Å². The van der Waals surface area contributed by atoms with Crippen molar-refractivity contribution in [1.82, 2.24) is 4.72 Å². The van der Waals surface area contributed by atoms with Crippen molar-refractivity contribution in [3.63, 3.8) is 0 Å². The Labute approximate surface area is 154 Å². The number of carbonyl (C=O) groups excluding carboxylic acids is 1. The lowest BCUT2D eigenvalue weighted by molar-refractivity contribution is -0.117. The van der Waals surface area contributed by atoms with Gasteiger partial charge in [0.05, 0.1) is 4.90 Å². The lowest BCUT2D eigenvalue weighted by Gasteiger charge is -2.16. The van der Waals surface area contributed by atoms with Crippen LogP contribution >= 0.6 is 0 Å². The summed E-state index contributed by atoms with van der Waals surface area (Å²) in [7, 11) is -3.55. The van der Waals surface area contributed by atoms with Gasteiger partial charge in [0, 0.05) is 25.2 Å². The molecule has 1 aliphatic heterocycles. The van der Waals surface area contributed by atoms with E-state index in [1.807, 2.05) is 42.5 Å². The summed E-state index contributed by atoms with van der Waals surface area (Å²) in [5, 5.41) is 0. The fraction of sp³-hybridized carbons (Fsp3) is 0.250. The molecule has 6 heteroatoms. The molecule has 1 aliphatic rings. The Morgan fingerprint density at radius 3 is 2.42 bits per heavy atom. The first kappa shape index (κ1) is 18.4. The van der Waals surface area contributed by atoms with Crippen molar-refractivity contribution in [3.05, 3.63) is 66.2 Å². The van der Waals surface area contributed by atoms with Crippen LogP contribution < -0.4 is 9.62 Å². The number of sulfonamides is 1. The zero-order valence-corrected chi connectivity index (χ0v) is 15.3. The summed E-state index contributed by atoms with van der Waals surface area (Å²) in [6.07, 6.45) is 5.92. The van der Waals surface area contributed by atoms with Crippen LogP contribution in [0.5, 0.6) is 0 Å². The normalized spacial score (nSPS) is 15.1. The molecule has 0 saturated carbocycles. The number of nitrogens with zero attached hydrogens (tertiary/aromatic N) is 1. The molecule has 2 aromatic carbocycles. The molecule has 1 saturated heterocycles. The van der Waals surface area contributed by atoms with Gasteiger partial charge in [-0.25, -0.2) is 13.1 Å². The van der Waals surface area contributed by atoms with Crippen LogP contribution in [0.25, 0.3) is 6.08 Å². The summed E-state index contributed by atoms with van der Waals surface area (Å²) in [4.78, 5) is 13.7. The van der Waals surface area contributed by atoms with E-state index in [0.717, 1.165) is 17.7 Å². The Kier molecular flexibility index (Phi) is 5.85. The second-order valence-corrected chi connectivity index (χ2v) is 7.91. The average Bonchev–Trinajstić information content (AvgIpc) is 3.08. The SMILES string of the molecule is O=C1CCCN1c1ccc(S(=O)(=O)NCC/C=C/c2ccccc2)cc1. The zero-order valence-electron chi connectivity index (χ0n) is 14.5. The maximum Gasteiger partial charge on any atom is 0.240 e. The summed E-state index contributed by atoms with van der Waals surface area (Å²) in [5.74, 6) is 0.0870. The first-order valence-electron chi connectivity index (χ1n) is 8.68. The molecule has 0 aliphatic carbocycles. The molecule has 0 spiro atoms. The highest BCUT2D eigenvalue weighted by atomic mass is 32.2. The molecule has 1 amide bonds. The Bertz CT molecular complexity index is 875. The Balaban J connectivity index is 1.54. The highest BCUT2D eigenvalue weighted by molar-refractivity contribution is 7.89. The maximum absolute atomic E-state index is 12.3. The van der Waals surface area contributed by atoms with Gasteiger partial charge in [0.25, 0.3) is 0 Å². The van der Waals surface area contributed by atoms with E-state index < -0.39 is 10.0 Å². The molecule has 0 aromatic heterocycles. The summed E-state index contributed by atoms with van der Waals surface area (Å²) >= 11 is 0. The van der Waals surface area contributed by atoms with Crippen LogP contribution in [0.1, 0.15) is 24.8 Å². The van der Waals surface area contributed by atoms with E-state index in [-0.39, 0.29) is 10.8 Å². The van der Waals surface area contributed by atoms with Crippen molar-refractivity contribution in [2.75, 3.05) is 18.0 Å². The number of amides is 1. The van der Waals surface area contributed by atoms with Crippen LogP contribution in [0.4, 0.5) is 5.69 Å². The molecule has 0 unspecified atom stereocenters. The first-order chi connectivity index (χ1) is 12.6. The molecule has 26 heavy (non-hydrogen) atoms.